The number of anilines is 1. The van der Waals surface area contributed by atoms with Gasteiger partial charge in [-0.1, -0.05) is 15.9 Å². The Labute approximate surface area is 129 Å². The first kappa shape index (κ1) is 14.2. The topological polar surface area (TPSA) is 66.4 Å². The van der Waals surface area contributed by atoms with E-state index >= 15 is 0 Å². The number of hydrogen-bond acceptors (Lipinski definition) is 3. The van der Waals surface area contributed by atoms with Crippen LogP contribution in [0, 0.1) is 0 Å². The van der Waals surface area contributed by atoms with Crippen LogP contribution in [0.25, 0.3) is 0 Å². The second kappa shape index (κ2) is 5.85. The molecule has 98 valence electrons. The monoisotopic (exact) mass is 403 g/mol. The molecule has 0 spiro atoms. The lowest BCUT2D eigenvalue weighted by atomic mass is 10.2. The summed E-state index contributed by atoms with van der Waals surface area (Å²) in [6.07, 6.45) is 0. The molecule has 0 aliphatic carbocycles. The minimum atomic E-state index is -1.05. The summed E-state index contributed by atoms with van der Waals surface area (Å²) < 4.78 is 1.45. The van der Waals surface area contributed by atoms with Crippen molar-refractivity contribution in [2.24, 2.45) is 0 Å². The third-order valence-electron chi connectivity index (χ3n) is 2.23. The summed E-state index contributed by atoms with van der Waals surface area (Å²) in [6.45, 7) is 0. The highest BCUT2D eigenvalue weighted by atomic mass is 79.9. The van der Waals surface area contributed by atoms with Gasteiger partial charge in [0.1, 0.15) is 0 Å². The Kier molecular flexibility index (Phi) is 4.38. The van der Waals surface area contributed by atoms with E-state index in [1.807, 2.05) is 0 Å². The zero-order valence-electron chi connectivity index (χ0n) is 9.31. The normalized spacial score (nSPS) is 10.2. The van der Waals surface area contributed by atoms with E-state index in [9.17, 15) is 9.59 Å². The third-order valence-corrected chi connectivity index (χ3v) is 4.19. The summed E-state index contributed by atoms with van der Waals surface area (Å²) in [5.41, 5.74) is 1.06. The van der Waals surface area contributed by atoms with Crippen molar-refractivity contribution in [1.29, 1.82) is 0 Å². The first-order valence-electron chi connectivity index (χ1n) is 5.05. The fourth-order valence-corrected chi connectivity index (χ4v) is 3.05. The molecule has 1 aromatic carbocycles. The Morgan fingerprint density at radius 1 is 1.11 bits per heavy atom. The van der Waals surface area contributed by atoms with Crippen molar-refractivity contribution in [3.8, 4) is 0 Å². The number of aromatic carboxylic acids is 1. The minimum absolute atomic E-state index is 0.108. The van der Waals surface area contributed by atoms with E-state index in [0.29, 0.717) is 15.7 Å². The Hall–Kier alpha value is -1.18. The van der Waals surface area contributed by atoms with Crippen LogP contribution in [0.2, 0.25) is 0 Å². The zero-order chi connectivity index (χ0) is 14.0. The predicted molar refractivity (Wildman–Crippen MR) is 81.1 cm³/mol. The van der Waals surface area contributed by atoms with Gasteiger partial charge >= 0.3 is 5.97 Å². The van der Waals surface area contributed by atoms with Gasteiger partial charge in [-0.25, -0.2) is 4.79 Å². The van der Waals surface area contributed by atoms with E-state index in [4.69, 9.17) is 5.11 Å². The van der Waals surface area contributed by atoms with Gasteiger partial charge in [-0.05, 0) is 40.2 Å². The van der Waals surface area contributed by atoms with E-state index in [-0.39, 0.29) is 11.5 Å². The van der Waals surface area contributed by atoms with Gasteiger partial charge in [-0.15, -0.1) is 11.3 Å². The molecule has 19 heavy (non-hydrogen) atoms. The highest BCUT2D eigenvalue weighted by Gasteiger charge is 2.11. The number of halogens is 2. The molecule has 0 saturated heterocycles. The minimum Gasteiger partial charge on any atom is -0.478 e. The number of carbonyl (C=O) groups excluding carboxylic acids is 1. The van der Waals surface area contributed by atoms with Gasteiger partial charge in [0, 0.05) is 15.5 Å². The van der Waals surface area contributed by atoms with Crippen LogP contribution in [0.15, 0.2) is 37.9 Å². The number of thiophene rings is 1. The fourth-order valence-electron chi connectivity index (χ4n) is 1.42. The Morgan fingerprint density at radius 2 is 1.84 bits per heavy atom. The average molecular weight is 405 g/mol. The molecule has 0 fully saturated rings. The predicted octanol–water partition coefficient (Wildman–Crippen LogP) is 4.22. The van der Waals surface area contributed by atoms with Crippen molar-refractivity contribution < 1.29 is 14.7 Å². The second-order valence-electron chi connectivity index (χ2n) is 3.63. The Balaban J connectivity index is 2.23. The SMILES string of the molecule is O=C(O)c1cc(Br)cc(NC(=O)c2csc(Br)c2)c1. The maximum Gasteiger partial charge on any atom is 0.335 e. The maximum absolute atomic E-state index is 11.9. The molecule has 0 bridgehead atoms. The number of carbonyl (C=O) groups is 2. The number of rotatable bonds is 3. The molecule has 1 amide bonds. The van der Waals surface area contributed by atoms with Gasteiger partial charge in [-0.3, -0.25) is 4.79 Å². The standard InChI is InChI=1S/C12H7Br2NO3S/c13-8-1-6(12(17)18)2-9(4-8)15-11(16)7-3-10(14)19-5-7/h1-5H,(H,15,16)(H,17,18). The molecule has 2 aromatic rings. The van der Waals surface area contributed by atoms with Crippen LogP contribution >= 0.6 is 43.2 Å². The van der Waals surface area contributed by atoms with Crippen LogP contribution in [0.4, 0.5) is 5.69 Å². The van der Waals surface area contributed by atoms with Crippen LogP contribution in [-0.4, -0.2) is 17.0 Å². The highest BCUT2D eigenvalue weighted by Crippen LogP contribution is 2.23. The zero-order valence-corrected chi connectivity index (χ0v) is 13.3. The molecule has 2 N–H and O–H groups in total. The number of hydrogen-bond donors (Lipinski definition) is 2. The van der Waals surface area contributed by atoms with Gasteiger partial charge in [0.05, 0.1) is 14.9 Å². The second-order valence-corrected chi connectivity index (χ2v) is 6.83. The number of carboxylic acids is 1. The van der Waals surface area contributed by atoms with E-state index in [0.717, 1.165) is 3.79 Å². The maximum atomic E-state index is 11.9. The molecule has 2 rings (SSSR count). The van der Waals surface area contributed by atoms with Crippen molar-refractivity contribution in [1.82, 2.24) is 0 Å². The third kappa shape index (κ3) is 3.65. The van der Waals surface area contributed by atoms with Gasteiger partial charge < -0.3 is 10.4 Å². The first-order valence-corrected chi connectivity index (χ1v) is 7.51. The van der Waals surface area contributed by atoms with Crippen molar-refractivity contribution in [3.05, 3.63) is 49.0 Å². The smallest absolute Gasteiger partial charge is 0.335 e. The summed E-state index contributed by atoms with van der Waals surface area (Å²) in [7, 11) is 0. The number of nitrogens with one attached hydrogen (secondary N) is 1. The number of benzene rings is 1. The van der Waals surface area contributed by atoms with Gasteiger partial charge in [0.2, 0.25) is 0 Å². The van der Waals surface area contributed by atoms with Gasteiger partial charge in [0.15, 0.2) is 0 Å². The molecule has 0 radical (unpaired) electrons. The first-order chi connectivity index (χ1) is 8.95. The quantitative estimate of drug-likeness (QED) is 0.804. The largest absolute Gasteiger partial charge is 0.478 e. The van der Waals surface area contributed by atoms with Gasteiger partial charge in [0.25, 0.3) is 5.91 Å². The molecule has 1 heterocycles. The molecule has 0 aliphatic heterocycles. The summed E-state index contributed by atoms with van der Waals surface area (Å²) in [5.74, 6) is -1.33. The van der Waals surface area contributed by atoms with Crippen LogP contribution < -0.4 is 5.32 Å². The van der Waals surface area contributed by atoms with E-state index < -0.39 is 5.97 Å². The molecule has 0 aliphatic rings. The van der Waals surface area contributed by atoms with Crippen molar-refractivity contribution in [2.75, 3.05) is 5.32 Å². The van der Waals surface area contributed by atoms with Gasteiger partial charge in [-0.2, -0.15) is 0 Å². The highest BCUT2D eigenvalue weighted by molar-refractivity contribution is 9.11. The van der Waals surface area contributed by atoms with Crippen molar-refractivity contribution >= 4 is 60.8 Å². The molecule has 1 aromatic heterocycles. The molecular weight excluding hydrogens is 398 g/mol. The average Bonchev–Trinajstić information content (AvgIpc) is 2.75. The lowest BCUT2D eigenvalue weighted by Crippen LogP contribution is -2.11. The van der Waals surface area contributed by atoms with Crippen LogP contribution in [0.1, 0.15) is 20.7 Å². The van der Waals surface area contributed by atoms with Crippen molar-refractivity contribution in [2.45, 2.75) is 0 Å². The number of amides is 1. The Morgan fingerprint density at radius 3 is 2.42 bits per heavy atom. The van der Waals surface area contributed by atoms with Crippen LogP contribution in [-0.2, 0) is 0 Å². The lowest BCUT2D eigenvalue weighted by Gasteiger charge is -2.06. The molecule has 7 heteroatoms. The Bertz CT molecular complexity index is 654. The molecule has 0 saturated carbocycles. The molecule has 0 atom stereocenters. The van der Waals surface area contributed by atoms with Crippen LogP contribution in [0.5, 0.6) is 0 Å². The lowest BCUT2D eigenvalue weighted by molar-refractivity contribution is 0.0696. The van der Waals surface area contributed by atoms with E-state index in [1.165, 1.54) is 23.5 Å². The summed E-state index contributed by atoms with van der Waals surface area (Å²) in [6, 6.07) is 6.23. The fraction of sp³-hybridized carbons (Fsp3) is 0. The summed E-state index contributed by atoms with van der Waals surface area (Å²) in [4.78, 5) is 22.9. The van der Waals surface area contributed by atoms with E-state index in [2.05, 4.69) is 37.2 Å². The van der Waals surface area contributed by atoms with E-state index in [1.54, 1.807) is 17.5 Å². The summed E-state index contributed by atoms with van der Waals surface area (Å²) >= 11 is 7.90. The summed E-state index contributed by atoms with van der Waals surface area (Å²) in [5, 5.41) is 13.3. The molecule has 0 unspecified atom stereocenters. The van der Waals surface area contributed by atoms with Crippen molar-refractivity contribution in [3.63, 3.8) is 0 Å². The van der Waals surface area contributed by atoms with Crippen LogP contribution in [0.3, 0.4) is 0 Å². The molecule has 4 nitrogen and oxygen atoms in total. The number of carboxylic acid groups (broad SMARTS) is 1. The molecular formula is C12H7Br2NO3S.